The maximum atomic E-state index is 9.08. The van der Waals surface area contributed by atoms with Gasteiger partial charge < -0.3 is 15.8 Å². The molecule has 5 heteroatoms. The summed E-state index contributed by atoms with van der Waals surface area (Å²) in [6, 6.07) is 6.05. The molecule has 0 saturated carbocycles. The van der Waals surface area contributed by atoms with E-state index in [-0.39, 0.29) is 11.4 Å². The predicted octanol–water partition coefficient (Wildman–Crippen LogP) is 3.52. The standard InChI is InChI=1S/C15H25N3OS/c1-6-15(3,4)18(5)11-9-8-10-12(20-7-2)13(11)14(16)17-19/h8-10,19H,6-7H2,1-5H3,(H2,16,17). The highest BCUT2D eigenvalue weighted by molar-refractivity contribution is 7.99. The Morgan fingerprint density at radius 2 is 2.05 bits per heavy atom. The lowest BCUT2D eigenvalue weighted by molar-refractivity contribution is 0.318. The van der Waals surface area contributed by atoms with Crippen LogP contribution < -0.4 is 10.6 Å². The van der Waals surface area contributed by atoms with E-state index < -0.39 is 0 Å². The minimum absolute atomic E-state index is 0.00000957. The number of benzene rings is 1. The van der Waals surface area contributed by atoms with Crippen LogP contribution in [-0.4, -0.2) is 29.4 Å². The Bertz CT molecular complexity index is 486. The third kappa shape index (κ3) is 3.39. The number of nitrogens with zero attached hydrogens (tertiary/aromatic N) is 2. The SMILES string of the molecule is CCSc1cccc(N(C)C(C)(C)CC)c1/C(N)=N/O. The van der Waals surface area contributed by atoms with Gasteiger partial charge in [-0.2, -0.15) is 0 Å². The first-order chi connectivity index (χ1) is 9.38. The Hall–Kier alpha value is -1.36. The molecule has 0 fully saturated rings. The van der Waals surface area contributed by atoms with Gasteiger partial charge in [-0.3, -0.25) is 0 Å². The fourth-order valence-electron chi connectivity index (χ4n) is 1.95. The largest absolute Gasteiger partial charge is 0.409 e. The molecule has 0 aliphatic heterocycles. The van der Waals surface area contributed by atoms with Crippen LogP contribution in [0.4, 0.5) is 5.69 Å². The molecule has 0 bridgehead atoms. The van der Waals surface area contributed by atoms with Crippen LogP contribution in [0, 0.1) is 0 Å². The van der Waals surface area contributed by atoms with E-state index in [0.717, 1.165) is 28.3 Å². The third-order valence-corrected chi connectivity index (χ3v) is 4.74. The molecule has 0 heterocycles. The van der Waals surface area contributed by atoms with Crippen LogP contribution in [0.15, 0.2) is 28.3 Å². The fourth-order valence-corrected chi connectivity index (χ4v) is 2.78. The first kappa shape index (κ1) is 16.7. The molecule has 112 valence electrons. The van der Waals surface area contributed by atoms with E-state index >= 15 is 0 Å². The second kappa shape index (κ2) is 6.88. The second-order valence-corrected chi connectivity index (χ2v) is 6.60. The predicted molar refractivity (Wildman–Crippen MR) is 88.1 cm³/mol. The number of nitrogens with two attached hydrogens (primary N) is 1. The van der Waals surface area contributed by atoms with Gasteiger partial charge in [0.25, 0.3) is 0 Å². The van der Waals surface area contributed by atoms with Crippen LogP contribution in [0.3, 0.4) is 0 Å². The van der Waals surface area contributed by atoms with Gasteiger partial charge in [0, 0.05) is 23.2 Å². The molecule has 0 unspecified atom stereocenters. The molecule has 0 aliphatic rings. The van der Waals surface area contributed by atoms with E-state index in [9.17, 15) is 0 Å². The lowest BCUT2D eigenvalue weighted by atomic mass is 9.97. The average Bonchev–Trinajstić information content (AvgIpc) is 2.45. The van der Waals surface area contributed by atoms with Crippen LogP contribution in [0.5, 0.6) is 0 Å². The number of anilines is 1. The van der Waals surface area contributed by atoms with Gasteiger partial charge in [0.15, 0.2) is 5.84 Å². The van der Waals surface area contributed by atoms with E-state index in [1.54, 1.807) is 11.8 Å². The van der Waals surface area contributed by atoms with Crippen molar-refractivity contribution < 1.29 is 5.21 Å². The molecule has 3 N–H and O–H groups in total. The summed E-state index contributed by atoms with van der Waals surface area (Å²) in [6.45, 7) is 8.61. The molecule has 0 aromatic heterocycles. The number of hydrogen-bond donors (Lipinski definition) is 2. The second-order valence-electron chi connectivity index (χ2n) is 5.29. The van der Waals surface area contributed by atoms with Crippen molar-refractivity contribution in [2.45, 2.75) is 44.6 Å². The molecule has 0 saturated heterocycles. The van der Waals surface area contributed by atoms with Gasteiger partial charge in [0.1, 0.15) is 0 Å². The molecule has 0 spiro atoms. The molecule has 4 nitrogen and oxygen atoms in total. The van der Waals surface area contributed by atoms with Crippen molar-refractivity contribution in [1.29, 1.82) is 0 Å². The van der Waals surface area contributed by atoms with Crippen LogP contribution in [0.1, 0.15) is 39.7 Å². The maximum absolute atomic E-state index is 9.08. The van der Waals surface area contributed by atoms with Gasteiger partial charge >= 0.3 is 0 Å². The van der Waals surface area contributed by atoms with E-state index in [1.165, 1.54) is 0 Å². The zero-order valence-electron chi connectivity index (χ0n) is 13.0. The Kier molecular flexibility index (Phi) is 5.74. The minimum Gasteiger partial charge on any atom is -0.409 e. The molecule has 0 amide bonds. The molecule has 0 atom stereocenters. The van der Waals surface area contributed by atoms with Crippen molar-refractivity contribution in [1.82, 2.24) is 0 Å². The topological polar surface area (TPSA) is 61.8 Å². The molecular weight excluding hydrogens is 270 g/mol. The lowest BCUT2D eigenvalue weighted by Gasteiger charge is -2.38. The van der Waals surface area contributed by atoms with E-state index in [1.807, 2.05) is 25.2 Å². The van der Waals surface area contributed by atoms with Gasteiger partial charge in [-0.25, -0.2) is 0 Å². The number of thioether (sulfide) groups is 1. The normalized spacial score (nSPS) is 12.6. The monoisotopic (exact) mass is 295 g/mol. The first-order valence-corrected chi connectivity index (χ1v) is 7.85. The highest BCUT2D eigenvalue weighted by Gasteiger charge is 2.25. The summed E-state index contributed by atoms with van der Waals surface area (Å²) in [4.78, 5) is 3.24. The van der Waals surface area contributed by atoms with Crippen molar-refractivity contribution in [3.05, 3.63) is 23.8 Å². The summed E-state index contributed by atoms with van der Waals surface area (Å²) < 4.78 is 0. The summed E-state index contributed by atoms with van der Waals surface area (Å²) in [5.41, 5.74) is 7.71. The van der Waals surface area contributed by atoms with E-state index in [4.69, 9.17) is 10.9 Å². The van der Waals surface area contributed by atoms with E-state index in [2.05, 4.69) is 37.8 Å². The Morgan fingerprint density at radius 3 is 2.55 bits per heavy atom. The lowest BCUT2D eigenvalue weighted by Crippen LogP contribution is -2.41. The highest BCUT2D eigenvalue weighted by Crippen LogP contribution is 2.34. The molecule has 1 rings (SSSR count). The number of hydrogen-bond acceptors (Lipinski definition) is 4. The van der Waals surface area contributed by atoms with Crippen LogP contribution in [0.25, 0.3) is 0 Å². The Morgan fingerprint density at radius 1 is 1.40 bits per heavy atom. The minimum atomic E-state index is -0.00000957. The Labute approximate surface area is 126 Å². The van der Waals surface area contributed by atoms with Crippen molar-refractivity contribution in [2.75, 3.05) is 17.7 Å². The molecule has 0 aliphatic carbocycles. The van der Waals surface area contributed by atoms with Crippen LogP contribution in [0.2, 0.25) is 0 Å². The average molecular weight is 295 g/mol. The van der Waals surface area contributed by atoms with Crippen LogP contribution >= 0.6 is 11.8 Å². The summed E-state index contributed by atoms with van der Waals surface area (Å²) in [5, 5.41) is 12.3. The maximum Gasteiger partial charge on any atom is 0.173 e. The summed E-state index contributed by atoms with van der Waals surface area (Å²) in [7, 11) is 2.05. The number of oxime groups is 1. The van der Waals surface area contributed by atoms with Crippen molar-refractivity contribution in [2.24, 2.45) is 10.9 Å². The summed E-state index contributed by atoms with van der Waals surface area (Å²) in [5.74, 6) is 1.10. The van der Waals surface area contributed by atoms with Crippen molar-refractivity contribution in [3.63, 3.8) is 0 Å². The van der Waals surface area contributed by atoms with E-state index in [0.29, 0.717) is 0 Å². The molecule has 1 aromatic rings. The molecule has 0 radical (unpaired) electrons. The van der Waals surface area contributed by atoms with Gasteiger partial charge in [0.05, 0.1) is 5.56 Å². The van der Waals surface area contributed by atoms with Gasteiger partial charge in [-0.15, -0.1) is 11.8 Å². The van der Waals surface area contributed by atoms with Crippen LogP contribution in [-0.2, 0) is 0 Å². The molecule has 1 aromatic carbocycles. The van der Waals surface area contributed by atoms with Crippen molar-refractivity contribution >= 4 is 23.3 Å². The zero-order chi connectivity index (χ0) is 15.3. The third-order valence-electron chi connectivity index (χ3n) is 3.80. The number of rotatable bonds is 6. The zero-order valence-corrected chi connectivity index (χ0v) is 13.8. The van der Waals surface area contributed by atoms with Gasteiger partial charge in [-0.1, -0.05) is 25.1 Å². The molecular formula is C15H25N3OS. The quantitative estimate of drug-likeness (QED) is 0.277. The number of amidine groups is 1. The van der Waals surface area contributed by atoms with Crippen molar-refractivity contribution in [3.8, 4) is 0 Å². The fraction of sp³-hybridized carbons (Fsp3) is 0.533. The Balaban J connectivity index is 3.43. The first-order valence-electron chi connectivity index (χ1n) is 6.86. The summed E-state index contributed by atoms with van der Waals surface area (Å²) in [6.07, 6.45) is 1.00. The van der Waals surface area contributed by atoms with Gasteiger partial charge in [0.2, 0.25) is 0 Å². The summed E-state index contributed by atoms with van der Waals surface area (Å²) >= 11 is 1.70. The van der Waals surface area contributed by atoms with Gasteiger partial charge in [-0.05, 0) is 38.2 Å². The smallest absolute Gasteiger partial charge is 0.173 e. The molecule has 20 heavy (non-hydrogen) atoms. The highest BCUT2D eigenvalue weighted by atomic mass is 32.2.